The molecule has 0 fully saturated rings. The lowest BCUT2D eigenvalue weighted by molar-refractivity contribution is 0.0597. The fourth-order valence-corrected chi connectivity index (χ4v) is 1.69. The smallest absolute Gasteiger partial charge is 0.341 e. The molecule has 0 radical (unpaired) electrons. The minimum absolute atomic E-state index is 0.405. The van der Waals surface area contributed by atoms with Crippen LogP contribution in [0, 0.1) is 0 Å². The maximum atomic E-state index is 11.5. The fraction of sp³-hybridized carbons (Fsp3) is 0.333. The van der Waals surface area contributed by atoms with Crippen LogP contribution in [0.25, 0.3) is 0 Å². The van der Waals surface area contributed by atoms with Gasteiger partial charge in [-0.3, -0.25) is 4.68 Å². The van der Waals surface area contributed by atoms with Gasteiger partial charge in [0, 0.05) is 12.4 Å². The molecular weight excluding hydrogens is 256 g/mol. The molecular formula is C15H20N2O3. The molecule has 20 heavy (non-hydrogen) atoms. The molecule has 5 nitrogen and oxygen atoms in total. The average molecular weight is 276 g/mol. The van der Waals surface area contributed by atoms with Crippen LogP contribution in [0.5, 0.6) is 5.75 Å². The maximum absolute atomic E-state index is 11.5. The highest BCUT2D eigenvalue weighted by atomic mass is 16.5. The van der Waals surface area contributed by atoms with Gasteiger partial charge in [0.15, 0.2) is 0 Å². The number of methoxy groups -OCH3 is 2. The fourth-order valence-electron chi connectivity index (χ4n) is 1.69. The molecule has 0 amide bonds. The highest BCUT2D eigenvalue weighted by Crippen LogP contribution is 2.21. The Balaban J connectivity index is 0.000000956. The van der Waals surface area contributed by atoms with E-state index in [1.807, 2.05) is 38.2 Å². The van der Waals surface area contributed by atoms with Gasteiger partial charge in [-0.05, 0) is 23.8 Å². The second-order valence-electron chi connectivity index (χ2n) is 3.73. The number of hydrogen-bond donors (Lipinski definition) is 0. The van der Waals surface area contributed by atoms with Crippen LogP contribution >= 0.6 is 0 Å². The van der Waals surface area contributed by atoms with Gasteiger partial charge in [0.2, 0.25) is 0 Å². The van der Waals surface area contributed by atoms with Gasteiger partial charge in [0.05, 0.1) is 20.8 Å². The topological polar surface area (TPSA) is 53.4 Å². The van der Waals surface area contributed by atoms with Crippen molar-refractivity contribution in [3.8, 4) is 5.75 Å². The van der Waals surface area contributed by atoms with Crippen LogP contribution in [0.4, 0.5) is 0 Å². The minimum atomic E-state index is -0.405. The lowest BCUT2D eigenvalue weighted by Crippen LogP contribution is -2.06. The first-order valence-corrected chi connectivity index (χ1v) is 6.47. The average Bonchev–Trinajstić information content (AvgIpc) is 3.01. The molecule has 2 aromatic rings. The summed E-state index contributed by atoms with van der Waals surface area (Å²) in [5.74, 6) is 0.101. The first-order valence-electron chi connectivity index (χ1n) is 6.47. The summed E-state index contributed by atoms with van der Waals surface area (Å²) in [7, 11) is 2.87. The normalized spacial score (nSPS) is 9.40. The van der Waals surface area contributed by atoms with E-state index in [4.69, 9.17) is 4.74 Å². The first-order chi connectivity index (χ1) is 9.74. The summed E-state index contributed by atoms with van der Waals surface area (Å²) in [4.78, 5) is 11.5. The van der Waals surface area contributed by atoms with Crippen molar-refractivity contribution in [1.82, 2.24) is 9.78 Å². The molecule has 0 bridgehead atoms. The molecule has 0 saturated heterocycles. The Kier molecular flexibility index (Phi) is 6.29. The van der Waals surface area contributed by atoms with Gasteiger partial charge in [0.25, 0.3) is 0 Å². The van der Waals surface area contributed by atoms with E-state index >= 15 is 0 Å². The molecule has 0 N–H and O–H groups in total. The molecule has 0 aliphatic heterocycles. The number of aromatic nitrogens is 2. The second kappa shape index (κ2) is 7.99. The van der Waals surface area contributed by atoms with E-state index in [9.17, 15) is 4.79 Å². The number of nitrogens with zero attached hydrogens (tertiary/aromatic N) is 2. The third kappa shape index (κ3) is 3.85. The third-order valence-electron chi connectivity index (χ3n) is 2.58. The summed E-state index contributed by atoms with van der Waals surface area (Å²) in [5.41, 5.74) is 1.42. The van der Waals surface area contributed by atoms with E-state index < -0.39 is 5.97 Å². The molecule has 0 atom stereocenters. The minimum Gasteiger partial charge on any atom is -0.496 e. The summed E-state index contributed by atoms with van der Waals surface area (Å²) >= 11 is 0. The molecule has 0 spiro atoms. The van der Waals surface area contributed by atoms with E-state index in [1.165, 1.54) is 14.2 Å². The van der Waals surface area contributed by atoms with Crippen LogP contribution in [-0.4, -0.2) is 30.0 Å². The SMILES string of the molecule is CC.COC(=O)c1ccc(Cn2cccn2)cc1OC. The molecule has 0 saturated carbocycles. The maximum Gasteiger partial charge on any atom is 0.341 e. The molecule has 0 aliphatic rings. The highest BCUT2D eigenvalue weighted by molar-refractivity contribution is 5.92. The zero-order chi connectivity index (χ0) is 15.0. The summed E-state index contributed by atoms with van der Waals surface area (Å²) in [6.45, 7) is 4.63. The predicted octanol–water partition coefficient (Wildman–Crippen LogP) is 2.75. The summed E-state index contributed by atoms with van der Waals surface area (Å²) in [6, 6.07) is 7.23. The van der Waals surface area contributed by atoms with Crippen molar-refractivity contribution >= 4 is 5.97 Å². The molecule has 108 valence electrons. The number of carbonyl (C=O) groups is 1. The first kappa shape index (κ1) is 15.8. The standard InChI is InChI=1S/C13H14N2O3.C2H6/c1-17-12-8-10(9-15-7-3-6-14-15)4-5-11(12)13(16)18-2;1-2/h3-8H,9H2,1-2H3;1-2H3. The van der Waals surface area contributed by atoms with Crippen molar-refractivity contribution in [2.75, 3.05) is 14.2 Å². The van der Waals surface area contributed by atoms with Gasteiger partial charge in [-0.25, -0.2) is 4.79 Å². The van der Waals surface area contributed by atoms with Gasteiger partial charge in [-0.15, -0.1) is 0 Å². The Morgan fingerprint density at radius 1 is 1.30 bits per heavy atom. The van der Waals surface area contributed by atoms with Crippen molar-refractivity contribution in [1.29, 1.82) is 0 Å². The lowest BCUT2D eigenvalue weighted by Gasteiger charge is -2.09. The van der Waals surface area contributed by atoms with E-state index in [-0.39, 0.29) is 0 Å². The van der Waals surface area contributed by atoms with Crippen molar-refractivity contribution in [3.63, 3.8) is 0 Å². The number of esters is 1. The zero-order valence-electron chi connectivity index (χ0n) is 12.3. The molecule has 0 aliphatic carbocycles. The largest absolute Gasteiger partial charge is 0.496 e. The summed E-state index contributed by atoms with van der Waals surface area (Å²) < 4.78 is 11.7. The Hall–Kier alpha value is -2.30. The van der Waals surface area contributed by atoms with Gasteiger partial charge >= 0.3 is 5.97 Å². The molecule has 5 heteroatoms. The van der Waals surface area contributed by atoms with Crippen molar-refractivity contribution < 1.29 is 14.3 Å². The van der Waals surface area contributed by atoms with Crippen LogP contribution in [0.1, 0.15) is 29.8 Å². The van der Waals surface area contributed by atoms with Gasteiger partial charge < -0.3 is 9.47 Å². The van der Waals surface area contributed by atoms with Crippen molar-refractivity contribution in [2.45, 2.75) is 20.4 Å². The Morgan fingerprint density at radius 3 is 2.60 bits per heavy atom. The Morgan fingerprint density at radius 2 is 2.05 bits per heavy atom. The zero-order valence-corrected chi connectivity index (χ0v) is 12.3. The van der Waals surface area contributed by atoms with Gasteiger partial charge in [-0.2, -0.15) is 5.10 Å². The second-order valence-corrected chi connectivity index (χ2v) is 3.73. The molecule has 1 aromatic carbocycles. The molecule has 2 rings (SSSR count). The predicted molar refractivity (Wildman–Crippen MR) is 77.0 cm³/mol. The van der Waals surface area contributed by atoms with Crippen LogP contribution < -0.4 is 4.74 Å². The van der Waals surface area contributed by atoms with Gasteiger partial charge in [-0.1, -0.05) is 19.9 Å². The lowest BCUT2D eigenvalue weighted by atomic mass is 10.1. The van der Waals surface area contributed by atoms with Crippen LogP contribution in [0.3, 0.4) is 0 Å². The highest BCUT2D eigenvalue weighted by Gasteiger charge is 2.13. The quantitative estimate of drug-likeness (QED) is 0.806. The van der Waals surface area contributed by atoms with E-state index in [1.54, 1.807) is 16.9 Å². The van der Waals surface area contributed by atoms with Crippen molar-refractivity contribution in [3.05, 3.63) is 47.8 Å². The molecule has 1 aromatic heterocycles. The van der Waals surface area contributed by atoms with Crippen molar-refractivity contribution in [2.24, 2.45) is 0 Å². The van der Waals surface area contributed by atoms with Crippen LogP contribution in [0.15, 0.2) is 36.7 Å². The number of carbonyl (C=O) groups excluding carboxylic acids is 1. The third-order valence-corrected chi connectivity index (χ3v) is 2.58. The Labute approximate surface area is 119 Å². The summed E-state index contributed by atoms with van der Waals surface area (Å²) in [5, 5.41) is 4.12. The van der Waals surface area contributed by atoms with E-state index in [0.717, 1.165) is 5.56 Å². The van der Waals surface area contributed by atoms with E-state index in [2.05, 4.69) is 9.84 Å². The van der Waals surface area contributed by atoms with Crippen LogP contribution in [0.2, 0.25) is 0 Å². The number of benzene rings is 1. The number of ether oxygens (including phenoxy) is 2. The number of hydrogen-bond acceptors (Lipinski definition) is 4. The monoisotopic (exact) mass is 276 g/mol. The Bertz CT molecular complexity index is 536. The van der Waals surface area contributed by atoms with Gasteiger partial charge in [0.1, 0.15) is 11.3 Å². The van der Waals surface area contributed by atoms with Crippen LogP contribution in [-0.2, 0) is 11.3 Å². The number of rotatable bonds is 4. The van der Waals surface area contributed by atoms with E-state index in [0.29, 0.717) is 17.9 Å². The summed E-state index contributed by atoms with van der Waals surface area (Å²) in [6.07, 6.45) is 3.60. The molecule has 0 unspecified atom stereocenters. The molecule has 1 heterocycles.